The Labute approximate surface area is 629 Å². The van der Waals surface area contributed by atoms with Crippen LogP contribution in [0.2, 0.25) is 10.0 Å². The summed E-state index contributed by atoms with van der Waals surface area (Å²) in [5.74, 6) is 0.678. The van der Waals surface area contributed by atoms with Crippen LogP contribution in [-0.2, 0) is 6.18 Å². The third-order valence-electron chi connectivity index (χ3n) is 14.2. The minimum absolute atomic E-state index is 0. The van der Waals surface area contributed by atoms with Crippen LogP contribution < -0.4 is 4.74 Å². The van der Waals surface area contributed by atoms with E-state index in [1.807, 2.05) is 120 Å². The van der Waals surface area contributed by atoms with Gasteiger partial charge in [0.25, 0.3) is 0 Å². The van der Waals surface area contributed by atoms with Crippen molar-refractivity contribution in [2.75, 3.05) is 7.11 Å². The Kier molecular flexibility index (Phi) is 50.5. The van der Waals surface area contributed by atoms with Gasteiger partial charge >= 0.3 is 6.18 Å². The van der Waals surface area contributed by atoms with Crippen LogP contribution in [0.1, 0.15) is 126 Å². The van der Waals surface area contributed by atoms with Crippen molar-refractivity contribution in [3.8, 4) is 5.75 Å². The second-order valence-corrected chi connectivity index (χ2v) is 25.7. The van der Waals surface area contributed by atoms with E-state index in [9.17, 15) is 22.0 Å². The summed E-state index contributed by atoms with van der Waals surface area (Å²) < 4.78 is 65.7. The third kappa shape index (κ3) is 49.8. The van der Waals surface area contributed by atoms with E-state index in [0.29, 0.717) is 11.1 Å². The molecule has 0 N–H and O–H groups in total. The van der Waals surface area contributed by atoms with Crippen LogP contribution >= 0.6 is 23.2 Å². The quantitative estimate of drug-likeness (QED) is 0.149. The van der Waals surface area contributed by atoms with Gasteiger partial charge in [-0.2, -0.15) is 13.2 Å². The predicted molar refractivity (Wildman–Crippen MR) is 442 cm³/mol. The van der Waals surface area contributed by atoms with Crippen molar-refractivity contribution in [2.45, 2.75) is 153 Å². The molecule has 0 atom stereocenters. The zero-order valence-corrected chi connectivity index (χ0v) is 64.7. The van der Waals surface area contributed by atoms with E-state index in [2.05, 4.69) is 229 Å². The fraction of sp³-hybridized carbons (Fsp3) is 0.242. The Morgan fingerprint density at radius 1 is 0.252 bits per heavy atom. The molecule has 1 nitrogen and oxygen atoms in total. The number of ether oxygens (including phenoxy) is 1. The van der Waals surface area contributed by atoms with E-state index in [4.69, 9.17) is 27.9 Å². The molecule has 0 aliphatic rings. The average molecular weight is 1440 g/mol. The zero-order valence-electron chi connectivity index (χ0n) is 63.2. The molecular weight excluding hydrogens is 1320 g/mol. The maximum Gasteiger partial charge on any atom is 0.416 e. The van der Waals surface area contributed by atoms with Crippen molar-refractivity contribution >= 4 is 23.2 Å². The SMILES string of the molecule is C.C.COc1ccccc1C.Cc1cc(C)cc(F)c1.Cc1ccc(C)cc1.Cc1ccc(C)cc1.Cc1ccc(C)cc1.Cc1ccc(C)cc1.Cc1ccc(Cl)cc1.Cc1cccc(C(F)(F)F)c1.Cc1cccc(C)c1.Cc1cccc(C)c1.Cc1ccccc1Cl.Cc1ccccc1F. The predicted octanol–water partition coefficient (Wildman–Crippen LogP) is 30.0. The van der Waals surface area contributed by atoms with Gasteiger partial charge in [0.05, 0.1) is 12.7 Å². The monoisotopic (exact) mass is 1440 g/mol. The van der Waals surface area contributed by atoms with Gasteiger partial charge in [-0.15, -0.1) is 0 Å². The molecule has 0 radical (unpaired) electrons. The number of methoxy groups -OCH3 is 1. The van der Waals surface area contributed by atoms with Crippen LogP contribution in [0.5, 0.6) is 5.75 Å². The molecule has 12 aromatic carbocycles. The van der Waals surface area contributed by atoms with Crippen LogP contribution in [0.15, 0.2) is 285 Å². The summed E-state index contributed by atoms with van der Waals surface area (Å²) >= 11 is 11.3. The fourth-order valence-electron chi connectivity index (χ4n) is 8.32. The molecule has 12 aromatic rings. The number of para-hydroxylation sites is 1. The molecule has 0 aliphatic heterocycles. The Morgan fingerprint density at radius 3 is 0.709 bits per heavy atom. The minimum Gasteiger partial charge on any atom is -0.496 e. The summed E-state index contributed by atoms with van der Waals surface area (Å²) in [6, 6.07) is 91.2. The van der Waals surface area contributed by atoms with E-state index in [0.717, 1.165) is 44.6 Å². The molecular formula is C95H115Cl2F5O. The number of rotatable bonds is 1. The summed E-state index contributed by atoms with van der Waals surface area (Å²) in [5, 5.41) is 1.64. The second-order valence-electron chi connectivity index (χ2n) is 24.9. The summed E-state index contributed by atoms with van der Waals surface area (Å²) in [7, 11) is 1.68. The lowest BCUT2D eigenvalue weighted by molar-refractivity contribution is -0.137. The van der Waals surface area contributed by atoms with Crippen LogP contribution in [0, 0.1) is 143 Å². The topological polar surface area (TPSA) is 9.23 Å². The Morgan fingerprint density at radius 2 is 0.515 bits per heavy atom. The van der Waals surface area contributed by atoms with Crippen molar-refractivity contribution in [2.24, 2.45) is 0 Å². The van der Waals surface area contributed by atoms with Gasteiger partial charge in [-0.05, 0) is 208 Å². The van der Waals surface area contributed by atoms with Gasteiger partial charge in [-0.3, -0.25) is 0 Å². The molecule has 0 unspecified atom stereocenters. The number of alkyl halides is 3. The molecule has 0 aromatic heterocycles. The molecule has 0 bridgehead atoms. The molecule has 103 heavy (non-hydrogen) atoms. The third-order valence-corrected chi connectivity index (χ3v) is 14.9. The summed E-state index contributed by atoms with van der Waals surface area (Å²) in [6.07, 6.45) is -4.22. The molecule has 0 saturated heterocycles. The van der Waals surface area contributed by atoms with Crippen LogP contribution in [-0.4, -0.2) is 7.11 Å². The van der Waals surface area contributed by atoms with Gasteiger partial charge in [0.2, 0.25) is 0 Å². The number of benzene rings is 12. The lowest BCUT2D eigenvalue weighted by atomic mass is 10.1. The van der Waals surface area contributed by atoms with Crippen molar-refractivity contribution < 1.29 is 26.7 Å². The molecule has 8 heteroatoms. The zero-order chi connectivity index (χ0) is 75.9. The maximum absolute atomic E-state index is 12.4. The van der Waals surface area contributed by atoms with Gasteiger partial charge in [0.1, 0.15) is 17.4 Å². The minimum atomic E-state index is -4.22. The molecule has 0 spiro atoms. The maximum atomic E-state index is 12.4. The lowest BCUT2D eigenvalue weighted by Gasteiger charge is -2.05. The van der Waals surface area contributed by atoms with E-state index in [1.165, 1.54) is 102 Å². The van der Waals surface area contributed by atoms with Crippen molar-refractivity contribution in [1.82, 2.24) is 0 Å². The largest absolute Gasteiger partial charge is 0.496 e. The first-order valence-electron chi connectivity index (χ1n) is 33.5. The highest BCUT2D eigenvalue weighted by Crippen LogP contribution is 2.29. The first-order valence-corrected chi connectivity index (χ1v) is 34.2. The second kappa shape index (κ2) is 54.4. The number of aryl methyl sites for hydroxylation is 19. The fourth-order valence-corrected chi connectivity index (χ4v) is 8.58. The Balaban J connectivity index is 0. The normalized spacial score (nSPS) is 9.35. The molecule has 12 rings (SSSR count). The molecule has 0 saturated carbocycles. The van der Waals surface area contributed by atoms with Gasteiger partial charge in [-0.1, -0.05) is 353 Å². The highest BCUT2D eigenvalue weighted by molar-refractivity contribution is 6.31. The lowest BCUT2D eigenvalue weighted by Crippen LogP contribution is -2.04. The van der Waals surface area contributed by atoms with Crippen LogP contribution in [0.3, 0.4) is 0 Å². The van der Waals surface area contributed by atoms with Crippen LogP contribution in [0.4, 0.5) is 22.0 Å². The number of hydrogen-bond donors (Lipinski definition) is 0. The summed E-state index contributed by atoms with van der Waals surface area (Å²) in [5.41, 5.74) is 22.2. The van der Waals surface area contributed by atoms with Gasteiger partial charge in [-0.25, -0.2) is 8.78 Å². The molecule has 0 aliphatic carbocycles. The van der Waals surface area contributed by atoms with E-state index in [-0.39, 0.29) is 26.5 Å². The molecule has 0 fully saturated rings. The van der Waals surface area contributed by atoms with Crippen molar-refractivity contribution in [3.63, 3.8) is 0 Å². The van der Waals surface area contributed by atoms with Gasteiger partial charge < -0.3 is 4.74 Å². The van der Waals surface area contributed by atoms with Crippen molar-refractivity contribution in [1.29, 1.82) is 0 Å². The Hall–Kier alpha value is -9.33. The van der Waals surface area contributed by atoms with E-state index in [1.54, 1.807) is 39.2 Å². The number of hydrogen-bond acceptors (Lipinski definition) is 1. The van der Waals surface area contributed by atoms with E-state index < -0.39 is 11.7 Å². The highest BCUT2D eigenvalue weighted by atomic mass is 35.5. The van der Waals surface area contributed by atoms with Gasteiger partial charge in [0.15, 0.2) is 0 Å². The molecule has 550 valence electrons. The highest BCUT2D eigenvalue weighted by Gasteiger charge is 2.30. The standard InChI is InChI=1S/C8H7F3.C8H9F.C8H10O.6C8H10.2C7H7Cl.C7H7F.2CH4/c1-6-3-2-4-7(5-6)8(9,10)11;1-6-3-7(2)5-8(9)4-6;1-7-5-3-4-6-8(7)9-2;4*1-7-3-5-8(2)6-4-7;2*1-7-4-3-5-8(2)6-7;1-6-2-4-7(8)5-3-6;2*1-6-4-2-3-5-7(6)8;;/h2-5H,1H3;3-5H,1-2H3;3-6H,1-2H3;6*3-6H,1-2H3;3*2-5H,1H3;2*1H4. The molecule has 0 heterocycles. The first kappa shape index (κ1) is 95.7. The van der Waals surface area contributed by atoms with E-state index >= 15 is 0 Å². The summed E-state index contributed by atoms with van der Waals surface area (Å²) in [6.45, 7) is 38.4. The van der Waals surface area contributed by atoms with Crippen LogP contribution in [0.25, 0.3) is 0 Å². The van der Waals surface area contributed by atoms with Crippen molar-refractivity contribution in [3.05, 3.63) is 418 Å². The summed E-state index contributed by atoms with van der Waals surface area (Å²) in [4.78, 5) is 0. The van der Waals surface area contributed by atoms with Gasteiger partial charge in [0, 0.05) is 10.0 Å². The average Bonchev–Trinajstić information content (AvgIpc) is 0.871. The Bertz CT molecular complexity index is 3570. The number of halogens is 7. The first-order chi connectivity index (χ1) is 47.6. The molecule has 0 amide bonds. The smallest absolute Gasteiger partial charge is 0.416 e.